The fraction of sp³-hybridized carbons (Fsp3) is 1.00. The van der Waals surface area contributed by atoms with E-state index >= 15 is 0 Å². The van der Waals surface area contributed by atoms with Crippen LogP contribution in [0.5, 0.6) is 0 Å². The maximum Gasteiger partial charge on any atom is 0.163 e. The number of nitrogens with one attached hydrogen (secondary N) is 1. The quantitative estimate of drug-likeness (QED) is 0.799. The summed E-state index contributed by atoms with van der Waals surface area (Å²) in [7, 11) is 0. The summed E-state index contributed by atoms with van der Waals surface area (Å²) in [6, 6.07) is 0. The molecule has 16 heavy (non-hydrogen) atoms. The van der Waals surface area contributed by atoms with Crippen LogP contribution in [0.25, 0.3) is 0 Å². The predicted molar refractivity (Wildman–Crippen MR) is 64.3 cm³/mol. The molecule has 0 spiro atoms. The third-order valence-corrected chi connectivity index (χ3v) is 3.60. The summed E-state index contributed by atoms with van der Waals surface area (Å²) in [6.45, 7) is 6.77. The third kappa shape index (κ3) is 3.72. The van der Waals surface area contributed by atoms with Gasteiger partial charge in [0, 0.05) is 6.54 Å². The van der Waals surface area contributed by atoms with Crippen molar-refractivity contribution >= 4 is 0 Å². The summed E-state index contributed by atoms with van der Waals surface area (Å²) in [5.74, 6) is 0.515. The van der Waals surface area contributed by atoms with Crippen molar-refractivity contribution in [2.75, 3.05) is 19.7 Å². The van der Waals surface area contributed by atoms with Gasteiger partial charge in [0.05, 0.1) is 12.7 Å². The Bertz CT molecular complexity index is 212. The lowest BCUT2D eigenvalue weighted by Crippen LogP contribution is -2.33. The van der Waals surface area contributed by atoms with Gasteiger partial charge < -0.3 is 14.8 Å². The first-order valence-electron chi connectivity index (χ1n) is 6.68. The van der Waals surface area contributed by atoms with Gasteiger partial charge >= 0.3 is 0 Å². The van der Waals surface area contributed by atoms with Crippen molar-refractivity contribution in [3.63, 3.8) is 0 Å². The molecule has 2 aliphatic rings. The van der Waals surface area contributed by atoms with Gasteiger partial charge in [0.15, 0.2) is 5.79 Å². The highest BCUT2D eigenvalue weighted by atomic mass is 16.7. The zero-order valence-electron chi connectivity index (χ0n) is 10.6. The maximum absolute atomic E-state index is 5.75. The summed E-state index contributed by atoms with van der Waals surface area (Å²) >= 11 is 0. The monoisotopic (exact) mass is 227 g/mol. The highest BCUT2D eigenvalue weighted by Crippen LogP contribution is 2.24. The summed E-state index contributed by atoms with van der Waals surface area (Å²) < 4.78 is 11.3. The van der Waals surface area contributed by atoms with Crippen molar-refractivity contribution in [1.82, 2.24) is 5.32 Å². The molecule has 1 unspecified atom stereocenters. The normalized spacial score (nSPS) is 30.8. The first-order chi connectivity index (χ1) is 7.66. The molecule has 1 saturated carbocycles. The van der Waals surface area contributed by atoms with Crippen molar-refractivity contribution in [3.05, 3.63) is 0 Å². The van der Waals surface area contributed by atoms with Gasteiger partial charge in [-0.05, 0) is 39.2 Å². The number of ether oxygens (including phenoxy) is 2. The van der Waals surface area contributed by atoms with Crippen LogP contribution in [0.3, 0.4) is 0 Å². The van der Waals surface area contributed by atoms with Gasteiger partial charge in [-0.2, -0.15) is 0 Å². The van der Waals surface area contributed by atoms with Crippen molar-refractivity contribution in [3.8, 4) is 0 Å². The van der Waals surface area contributed by atoms with E-state index in [4.69, 9.17) is 9.47 Å². The third-order valence-electron chi connectivity index (χ3n) is 3.60. The SMILES string of the molecule is CC1(C)OCC(CNCC2CCCCC2)O1. The highest BCUT2D eigenvalue weighted by molar-refractivity contribution is 4.74. The van der Waals surface area contributed by atoms with E-state index in [9.17, 15) is 0 Å². The molecule has 1 N–H and O–H groups in total. The summed E-state index contributed by atoms with van der Waals surface area (Å²) in [4.78, 5) is 0. The lowest BCUT2D eigenvalue weighted by Gasteiger charge is -2.23. The van der Waals surface area contributed by atoms with Crippen LogP contribution in [0.1, 0.15) is 46.0 Å². The topological polar surface area (TPSA) is 30.5 Å². The molecule has 0 bridgehead atoms. The van der Waals surface area contributed by atoms with E-state index in [0.717, 1.165) is 25.6 Å². The van der Waals surface area contributed by atoms with E-state index in [1.165, 1.54) is 32.1 Å². The van der Waals surface area contributed by atoms with Crippen molar-refractivity contribution in [2.45, 2.75) is 57.8 Å². The molecule has 2 rings (SSSR count). The van der Waals surface area contributed by atoms with E-state index in [2.05, 4.69) is 5.32 Å². The molecule has 1 aliphatic carbocycles. The van der Waals surface area contributed by atoms with Crippen LogP contribution in [0.2, 0.25) is 0 Å². The molecule has 1 saturated heterocycles. The fourth-order valence-corrected chi connectivity index (χ4v) is 2.70. The molecule has 1 aliphatic heterocycles. The van der Waals surface area contributed by atoms with Gasteiger partial charge in [-0.25, -0.2) is 0 Å². The smallest absolute Gasteiger partial charge is 0.163 e. The van der Waals surface area contributed by atoms with E-state index in [1.807, 2.05) is 13.8 Å². The van der Waals surface area contributed by atoms with Gasteiger partial charge in [0.25, 0.3) is 0 Å². The number of hydrogen-bond acceptors (Lipinski definition) is 3. The van der Waals surface area contributed by atoms with Gasteiger partial charge in [-0.15, -0.1) is 0 Å². The van der Waals surface area contributed by atoms with E-state index in [0.29, 0.717) is 0 Å². The Labute approximate surface area is 98.9 Å². The van der Waals surface area contributed by atoms with Crippen molar-refractivity contribution in [2.24, 2.45) is 5.92 Å². The Hall–Kier alpha value is -0.120. The first-order valence-corrected chi connectivity index (χ1v) is 6.68. The molecule has 0 aromatic rings. The molecular weight excluding hydrogens is 202 g/mol. The lowest BCUT2D eigenvalue weighted by atomic mass is 9.89. The average molecular weight is 227 g/mol. The Balaban J connectivity index is 1.58. The van der Waals surface area contributed by atoms with E-state index in [1.54, 1.807) is 0 Å². The van der Waals surface area contributed by atoms with Crippen LogP contribution < -0.4 is 5.32 Å². The van der Waals surface area contributed by atoms with E-state index in [-0.39, 0.29) is 11.9 Å². The summed E-state index contributed by atoms with van der Waals surface area (Å²) in [5.41, 5.74) is 0. The molecule has 94 valence electrons. The van der Waals surface area contributed by atoms with Gasteiger partial charge in [-0.1, -0.05) is 19.3 Å². The van der Waals surface area contributed by atoms with Gasteiger partial charge in [-0.3, -0.25) is 0 Å². The molecule has 0 aromatic carbocycles. The molecule has 0 aromatic heterocycles. The minimum absolute atomic E-state index is 0.235. The minimum Gasteiger partial charge on any atom is -0.348 e. The molecule has 1 heterocycles. The van der Waals surface area contributed by atoms with Crippen LogP contribution in [-0.4, -0.2) is 31.6 Å². The standard InChI is InChI=1S/C13H25NO2/c1-13(2)15-10-12(16-13)9-14-8-11-6-4-3-5-7-11/h11-12,14H,3-10H2,1-2H3. The van der Waals surface area contributed by atoms with Gasteiger partial charge in [0.1, 0.15) is 0 Å². The largest absolute Gasteiger partial charge is 0.348 e. The predicted octanol–water partition coefficient (Wildman–Crippen LogP) is 2.31. The van der Waals surface area contributed by atoms with Crippen LogP contribution in [0.4, 0.5) is 0 Å². The molecule has 2 fully saturated rings. The zero-order chi connectivity index (χ0) is 11.4. The average Bonchev–Trinajstić information content (AvgIpc) is 2.60. The van der Waals surface area contributed by atoms with Gasteiger partial charge in [0.2, 0.25) is 0 Å². The van der Waals surface area contributed by atoms with Crippen LogP contribution in [0, 0.1) is 5.92 Å². The second-order valence-electron chi connectivity index (χ2n) is 5.61. The van der Waals surface area contributed by atoms with Crippen LogP contribution in [0.15, 0.2) is 0 Å². The zero-order valence-corrected chi connectivity index (χ0v) is 10.6. The molecule has 3 heteroatoms. The maximum atomic E-state index is 5.75. The summed E-state index contributed by atoms with van der Waals surface area (Å²) in [5, 5.41) is 3.53. The van der Waals surface area contributed by atoms with Crippen LogP contribution >= 0.6 is 0 Å². The number of hydrogen-bond donors (Lipinski definition) is 1. The Morgan fingerprint density at radius 2 is 1.88 bits per heavy atom. The van der Waals surface area contributed by atoms with Crippen molar-refractivity contribution in [1.29, 1.82) is 0 Å². The Kier molecular flexibility index (Phi) is 4.22. The molecule has 3 nitrogen and oxygen atoms in total. The Morgan fingerprint density at radius 3 is 2.50 bits per heavy atom. The van der Waals surface area contributed by atoms with Crippen LogP contribution in [-0.2, 0) is 9.47 Å². The van der Waals surface area contributed by atoms with Crippen molar-refractivity contribution < 1.29 is 9.47 Å². The second kappa shape index (κ2) is 5.48. The molecular formula is C13H25NO2. The fourth-order valence-electron chi connectivity index (χ4n) is 2.70. The highest BCUT2D eigenvalue weighted by Gasteiger charge is 2.32. The van der Waals surface area contributed by atoms with E-state index < -0.39 is 0 Å². The Morgan fingerprint density at radius 1 is 1.12 bits per heavy atom. The number of rotatable bonds is 4. The minimum atomic E-state index is -0.378. The molecule has 0 amide bonds. The molecule has 0 radical (unpaired) electrons. The molecule has 1 atom stereocenters. The first kappa shape index (κ1) is 12.3. The lowest BCUT2D eigenvalue weighted by molar-refractivity contribution is -0.137. The second-order valence-corrected chi connectivity index (χ2v) is 5.61. The summed E-state index contributed by atoms with van der Waals surface area (Å²) in [6.07, 6.45) is 7.31.